The van der Waals surface area contributed by atoms with Crippen LogP contribution in [0.25, 0.3) is 0 Å². The largest absolute Gasteiger partial charge is 0.496 e. The third-order valence-electron chi connectivity index (χ3n) is 2.89. The highest BCUT2D eigenvalue weighted by molar-refractivity contribution is 5.84. The van der Waals surface area contributed by atoms with E-state index in [-0.39, 0.29) is 5.69 Å². The van der Waals surface area contributed by atoms with E-state index >= 15 is 0 Å². The predicted molar refractivity (Wildman–Crippen MR) is 80.5 cm³/mol. The molecule has 0 fully saturated rings. The number of nitro groups is 1. The van der Waals surface area contributed by atoms with Crippen LogP contribution in [0.5, 0.6) is 5.75 Å². The van der Waals surface area contributed by atoms with E-state index in [1.165, 1.54) is 12.3 Å². The number of benzene rings is 2. The summed E-state index contributed by atoms with van der Waals surface area (Å²) >= 11 is 0. The zero-order valence-corrected chi connectivity index (χ0v) is 11.5. The maximum Gasteiger partial charge on any atom is 0.278 e. The predicted octanol–water partition coefficient (Wildman–Crippen LogP) is 2.73. The molecule has 0 aliphatic rings. The lowest BCUT2D eigenvalue weighted by Gasteiger charge is -2.07. The molecule has 0 atom stereocenters. The molecular formula is C15H15N3O3. The third-order valence-corrected chi connectivity index (χ3v) is 2.89. The van der Waals surface area contributed by atoms with Crippen LogP contribution < -0.4 is 10.2 Å². The van der Waals surface area contributed by atoms with E-state index in [0.29, 0.717) is 12.1 Å². The van der Waals surface area contributed by atoms with Crippen LogP contribution in [0.2, 0.25) is 0 Å². The highest BCUT2D eigenvalue weighted by atomic mass is 16.6. The summed E-state index contributed by atoms with van der Waals surface area (Å²) in [4.78, 5) is 10.4. The Morgan fingerprint density at radius 3 is 2.71 bits per heavy atom. The molecule has 0 aliphatic carbocycles. The Morgan fingerprint density at radius 1 is 1.24 bits per heavy atom. The second kappa shape index (κ2) is 7.04. The summed E-state index contributed by atoms with van der Waals surface area (Å²) in [5.74, 6) is 0.769. The van der Waals surface area contributed by atoms with Gasteiger partial charge in [0.2, 0.25) is 0 Å². The topological polar surface area (TPSA) is 76.8 Å². The van der Waals surface area contributed by atoms with Crippen molar-refractivity contribution in [2.75, 3.05) is 7.11 Å². The second-order valence-electron chi connectivity index (χ2n) is 4.22. The van der Waals surface area contributed by atoms with Crippen LogP contribution in [-0.2, 0) is 6.54 Å². The Labute approximate surface area is 122 Å². The first kappa shape index (κ1) is 14.5. The molecule has 0 spiro atoms. The molecule has 0 saturated carbocycles. The lowest BCUT2D eigenvalue weighted by atomic mass is 10.2. The van der Waals surface area contributed by atoms with Gasteiger partial charge >= 0.3 is 0 Å². The van der Waals surface area contributed by atoms with Crippen molar-refractivity contribution in [2.24, 2.45) is 5.10 Å². The van der Waals surface area contributed by atoms with Crippen LogP contribution in [0.15, 0.2) is 53.6 Å². The highest BCUT2D eigenvalue weighted by Gasteiger charge is 2.09. The molecule has 21 heavy (non-hydrogen) atoms. The van der Waals surface area contributed by atoms with Crippen LogP contribution in [0.3, 0.4) is 0 Å². The number of para-hydroxylation sites is 2. The quantitative estimate of drug-likeness (QED) is 0.503. The molecule has 0 radical (unpaired) electrons. The van der Waals surface area contributed by atoms with E-state index in [9.17, 15) is 10.1 Å². The summed E-state index contributed by atoms with van der Waals surface area (Å²) in [7, 11) is 1.61. The van der Waals surface area contributed by atoms with Gasteiger partial charge in [0.25, 0.3) is 5.69 Å². The minimum Gasteiger partial charge on any atom is -0.496 e. The van der Waals surface area contributed by atoms with Gasteiger partial charge in [0.05, 0.1) is 30.4 Å². The van der Waals surface area contributed by atoms with Crippen molar-refractivity contribution in [3.63, 3.8) is 0 Å². The fourth-order valence-corrected chi connectivity index (χ4v) is 1.86. The number of nitro benzene ring substituents is 1. The van der Waals surface area contributed by atoms with Gasteiger partial charge < -0.3 is 10.2 Å². The molecule has 0 aromatic heterocycles. The smallest absolute Gasteiger partial charge is 0.278 e. The number of hydrogen-bond acceptors (Lipinski definition) is 5. The van der Waals surface area contributed by atoms with Gasteiger partial charge in [-0.3, -0.25) is 10.1 Å². The molecule has 1 N–H and O–H groups in total. The molecule has 6 nitrogen and oxygen atoms in total. The molecule has 0 amide bonds. The number of ether oxygens (including phenoxy) is 1. The molecule has 6 heteroatoms. The van der Waals surface area contributed by atoms with E-state index < -0.39 is 4.92 Å². The second-order valence-corrected chi connectivity index (χ2v) is 4.22. The van der Waals surface area contributed by atoms with Crippen LogP contribution in [-0.4, -0.2) is 18.2 Å². The number of nitrogens with one attached hydrogen (secondary N) is 1. The first-order valence-corrected chi connectivity index (χ1v) is 6.33. The van der Waals surface area contributed by atoms with E-state index in [2.05, 4.69) is 10.5 Å². The molecule has 2 rings (SSSR count). The molecule has 2 aromatic carbocycles. The average Bonchev–Trinajstić information content (AvgIpc) is 2.52. The molecule has 2 aromatic rings. The number of nitrogens with zero attached hydrogens (tertiary/aromatic N) is 2. The van der Waals surface area contributed by atoms with E-state index in [0.717, 1.165) is 11.3 Å². The van der Waals surface area contributed by atoms with Crippen LogP contribution in [0, 0.1) is 10.1 Å². The molecule has 0 heterocycles. The molecule has 0 aliphatic heterocycles. The fourth-order valence-electron chi connectivity index (χ4n) is 1.86. The summed E-state index contributed by atoms with van der Waals surface area (Å²) in [5.41, 5.74) is 4.30. The zero-order valence-electron chi connectivity index (χ0n) is 11.5. The summed E-state index contributed by atoms with van der Waals surface area (Å²) in [6.45, 7) is 0.473. The normalized spacial score (nSPS) is 10.5. The third kappa shape index (κ3) is 3.79. The maximum atomic E-state index is 10.9. The van der Waals surface area contributed by atoms with Gasteiger partial charge in [-0.25, -0.2) is 0 Å². The molecule has 0 unspecified atom stereocenters. The maximum absolute atomic E-state index is 10.9. The summed E-state index contributed by atoms with van der Waals surface area (Å²) in [6.07, 6.45) is 1.44. The molecule has 0 bridgehead atoms. The Kier molecular flexibility index (Phi) is 4.87. The van der Waals surface area contributed by atoms with Crippen molar-refractivity contribution in [1.29, 1.82) is 0 Å². The number of methoxy groups -OCH3 is 1. The lowest BCUT2D eigenvalue weighted by Crippen LogP contribution is -2.07. The first-order valence-electron chi connectivity index (χ1n) is 6.33. The first-order chi connectivity index (χ1) is 10.2. The van der Waals surface area contributed by atoms with Gasteiger partial charge in [0.1, 0.15) is 5.75 Å². The zero-order chi connectivity index (χ0) is 15.1. The standard InChI is InChI=1S/C15H15N3O3/c1-21-15-9-5-3-7-13(15)11-17-16-10-12-6-2-4-8-14(12)18(19)20/h2-10,17H,11H2,1H3/b16-10+. The van der Waals surface area contributed by atoms with Crippen molar-refractivity contribution in [2.45, 2.75) is 6.54 Å². The number of hydrazone groups is 1. The van der Waals surface area contributed by atoms with Gasteiger partial charge in [-0.1, -0.05) is 30.3 Å². The number of hydrogen-bond donors (Lipinski definition) is 1. The van der Waals surface area contributed by atoms with Gasteiger partial charge in [0, 0.05) is 11.6 Å². The van der Waals surface area contributed by atoms with Gasteiger partial charge in [0.15, 0.2) is 0 Å². The summed E-state index contributed by atoms with van der Waals surface area (Å²) in [6, 6.07) is 14.0. The molecule has 0 saturated heterocycles. The van der Waals surface area contributed by atoms with Crippen molar-refractivity contribution < 1.29 is 9.66 Å². The van der Waals surface area contributed by atoms with Gasteiger partial charge in [-0.05, 0) is 12.1 Å². The van der Waals surface area contributed by atoms with E-state index in [1.807, 2.05) is 24.3 Å². The highest BCUT2D eigenvalue weighted by Crippen LogP contribution is 2.17. The monoisotopic (exact) mass is 285 g/mol. The SMILES string of the molecule is COc1ccccc1CN/N=C/c1ccccc1[N+](=O)[O-]. The van der Waals surface area contributed by atoms with Crippen molar-refractivity contribution >= 4 is 11.9 Å². The summed E-state index contributed by atoms with van der Waals surface area (Å²) in [5, 5.41) is 14.9. The Morgan fingerprint density at radius 2 is 1.95 bits per heavy atom. The number of rotatable bonds is 6. The molecular weight excluding hydrogens is 270 g/mol. The van der Waals surface area contributed by atoms with Gasteiger partial charge in [-0.15, -0.1) is 0 Å². The van der Waals surface area contributed by atoms with Crippen molar-refractivity contribution in [3.8, 4) is 5.75 Å². The Hall–Kier alpha value is -2.89. The van der Waals surface area contributed by atoms with Crippen molar-refractivity contribution in [3.05, 3.63) is 69.8 Å². The van der Waals surface area contributed by atoms with Crippen LogP contribution in [0.1, 0.15) is 11.1 Å². The van der Waals surface area contributed by atoms with E-state index in [1.54, 1.807) is 25.3 Å². The Bertz CT molecular complexity index is 656. The summed E-state index contributed by atoms with van der Waals surface area (Å²) < 4.78 is 5.23. The van der Waals surface area contributed by atoms with Crippen LogP contribution in [0.4, 0.5) is 5.69 Å². The molecule has 108 valence electrons. The fraction of sp³-hybridized carbons (Fsp3) is 0.133. The minimum atomic E-state index is -0.429. The Balaban J connectivity index is 2.02. The van der Waals surface area contributed by atoms with E-state index in [4.69, 9.17) is 4.74 Å². The van der Waals surface area contributed by atoms with Crippen molar-refractivity contribution in [1.82, 2.24) is 5.43 Å². The van der Waals surface area contributed by atoms with Gasteiger partial charge in [-0.2, -0.15) is 5.10 Å². The lowest BCUT2D eigenvalue weighted by molar-refractivity contribution is -0.385. The average molecular weight is 285 g/mol. The van der Waals surface area contributed by atoms with Crippen LogP contribution >= 0.6 is 0 Å². The minimum absolute atomic E-state index is 0.0281.